The normalized spacial score (nSPS) is 10.9. The summed E-state index contributed by atoms with van der Waals surface area (Å²) in [5.41, 5.74) is 2.48. The minimum Gasteiger partial charge on any atom is -0.483 e. The van der Waals surface area contributed by atoms with Gasteiger partial charge in [0.05, 0.1) is 12.0 Å². The molecule has 0 aliphatic heterocycles. The number of sulfonamides is 1. The van der Waals surface area contributed by atoms with Gasteiger partial charge < -0.3 is 14.8 Å². The summed E-state index contributed by atoms with van der Waals surface area (Å²) in [6.45, 7) is 3.72. The number of carbonyl (C=O) groups excluding carboxylic acids is 1. The van der Waals surface area contributed by atoms with Crippen LogP contribution in [0, 0.1) is 13.8 Å². The van der Waals surface area contributed by atoms with Crippen LogP contribution in [0.5, 0.6) is 11.6 Å². The van der Waals surface area contributed by atoms with Gasteiger partial charge in [-0.15, -0.1) is 0 Å². The lowest BCUT2D eigenvalue weighted by Crippen LogP contribution is -2.20. The number of nitrogens with one attached hydrogen (secondary N) is 2. The number of rotatable bonds is 8. The van der Waals surface area contributed by atoms with Gasteiger partial charge in [0.1, 0.15) is 5.75 Å². The third-order valence-electron chi connectivity index (χ3n) is 4.23. The van der Waals surface area contributed by atoms with Crippen LogP contribution in [0.25, 0.3) is 0 Å². The van der Waals surface area contributed by atoms with E-state index < -0.39 is 10.0 Å². The van der Waals surface area contributed by atoms with Crippen LogP contribution >= 0.6 is 0 Å². The number of benzene rings is 2. The zero-order chi connectivity index (χ0) is 22.4. The highest BCUT2D eigenvalue weighted by Crippen LogP contribution is 2.22. The quantitative estimate of drug-likeness (QED) is 0.550. The predicted molar refractivity (Wildman–Crippen MR) is 116 cm³/mol. The highest BCUT2D eigenvalue weighted by molar-refractivity contribution is 7.92. The summed E-state index contributed by atoms with van der Waals surface area (Å²) in [5, 5.41) is 2.67. The van der Waals surface area contributed by atoms with Crippen molar-refractivity contribution in [3.63, 3.8) is 0 Å². The molecule has 0 saturated heterocycles. The van der Waals surface area contributed by atoms with Gasteiger partial charge in [0, 0.05) is 18.1 Å². The minimum absolute atomic E-state index is 0.00950. The van der Waals surface area contributed by atoms with Crippen molar-refractivity contribution >= 4 is 27.4 Å². The molecule has 3 rings (SSSR count). The van der Waals surface area contributed by atoms with E-state index in [1.807, 2.05) is 32.0 Å². The Balaban J connectivity index is 1.62. The van der Waals surface area contributed by atoms with Crippen molar-refractivity contribution in [3.8, 4) is 11.6 Å². The third kappa shape index (κ3) is 5.70. The number of ether oxygens (including phenoxy) is 2. The molecule has 0 unspecified atom stereocenters. The molecular formula is C21H22N4O5S. The second-order valence-corrected chi connectivity index (χ2v) is 8.33. The van der Waals surface area contributed by atoms with Crippen LogP contribution in [-0.2, 0) is 14.8 Å². The lowest BCUT2D eigenvalue weighted by molar-refractivity contribution is -0.118. The Morgan fingerprint density at radius 2 is 1.74 bits per heavy atom. The third-order valence-corrected chi connectivity index (χ3v) is 5.58. The van der Waals surface area contributed by atoms with E-state index in [0.29, 0.717) is 11.4 Å². The average Bonchev–Trinajstić information content (AvgIpc) is 2.73. The molecule has 31 heavy (non-hydrogen) atoms. The van der Waals surface area contributed by atoms with Crippen molar-refractivity contribution < 1.29 is 22.7 Å². The summed E-state index contributed by atoms with van der Waals surface area (Å²) >= 11 is 0. The van der Waals surface area contributed by atoms with Gasteiger partial charge in [-0.3, -0.25) is 9.52 Å². The van der Waals surface area contributed by atoms with Crippen LogP contribution < -0.4 is 19.5 Å². The molecule has 0 saturated carbocycles. The van der Waals surface area contributed by atoms with E-state index in [-0.39, 0.29) is 29.1 Å². The summed E-state index contributed by atoms with van der Waals surface area (Å²) in [5.74, 6) is 0.301. The molecule has 9 nitrogen and oxygen atoms in total. The number of aromatic nitrogens is 2. The van der Waals surface area contributed by atoms with Gasteiger partial charge in [-0.25, -0.2) is 18.4 Å². The van der Waals surface area contributed by atoms with E-state index in [4.69, 9.17) is 9.47 Å². The fourth-order valence-electron chi connectivity index (χ4n) is 2.75. The number of amides is 1. The Bertz CT molecular complexity index is 1180. The minimum atomic E-state index is -3.92. The number of methoxy groups -OCH3 is 1. The highest BCUT2D eigenvalue weighted by atomic mass is 32.2. The molecular weight excluding hydrogens is 420 g/mol. The Morgan fingerprint density at radius 1 is 1.03 bits per heavy atom. The van der Waals surface area contributed by atoms with Gasteiger partial charge in [-0.05, 0) is 49.7 Å². The first-order valence-electron chi connectivity index (χ1n) is 9.26. The second kappa shape index (κ2) is 9.43. The molecule has 2 N–H and O–H groups in total. The monoisotopic (exact) mass is 442 g/mol. The second-order valence-electron chi connectivity index (χ2n) is 6.65. The van der Waals surface area contributed by atoms with E-state index >= 15 is 0 Å². The van der Waals surface area contributed by atoms with E-state index in [9.17, 15) is 13.2 Å². The Kier molecular flexibility index (Phi) is 6.71. The molecule has 1 heterocycles. The van der Waals surface area contributed by atoms with E-state index in [2.05, 4.69) is 20.0 Å². The van der Waals surface area contributed by atoms with Crippen LogP contribution in [-0.4, -0.2) is 38.0 Å². The van der Waals surface area contributed by atoms with Crippen molar-refractivity contribution in [1.29, 1.82) is 0 Å². The van der Waals surface area contributed by atoms with Crippen LogP contribution in [0.3, 0.4) is 0 Å². The standard InChI is InChI=1S/C21H22N4O5S/c1-14-4-9-18(15(2)12-14)30-13-19(26)24-16-5-7-17(8-6-16)31(27,28)25-20-21(29-3)23-11-10-22-20/h4-12H,13H2,1-3H3,(H,22,25)(H,24,26). The van der Waals surface area contributed by atoms with E-state index in [1.165, 1.54) is 43.8 Å². The Morgan fingerprint density at radius 3 is 2.42 bits per heavy atom. The maximum absolute atomic E-state index is 12.6. The first-order valence-corrected chi connectivity index (χ1v) is 10.7. The maximum atomic E-state index is 12.6. The first kappa shape index (κ1) is 22.0. The van der Waals surface area contributed by atoms with Crippen molar-refractivity contribution in [2.75, 3.05) is 23.8 Å². The molecule has 10 heteroatoms. The lowest BCUT2D eigenvalue weighted by atomic mass is 10.1. The number of aryl methyl sites for hydroxylation is 2. The lowest BCUT2D eigenvalue weighted by Gasteiger charge is -2.11. The summed E-state index contributed by atoms with van der Waals surface area (Å²) in [6.07, 6.45) is 2.73. The molecule has 0 fully saturated rings. The van der Waals surface area contributed by atoms with Crippen molar-refractivity contribution in [1.82, 2.24) is 9.97 Å². The van der Waals surface area contributed by atoms with Gasteiger partial charge >= 0.3 is 0 Å². The molecule has 1 aromatic heterocycles. The molecule has 2 aromatic carbocycles. The molecule has 0 aliphatic carbocycles. The molecule has 0 radical (unpaired) electrons. The topological polar surface area (TPSA) is 120 Å². The van der Waals surface area contributed by atoms with Crippen LogP contribution in [0.1, 0.15) is 11.1 Å². The van der Waals surface area contributed by atoms with Gasteiger partial charge in [-0.2, -0.15) is 0 Å². The fourth-order valence-corrected chi connectivity index (χ4v) is 3.76. The molecule has 0 bridgehead atoms. The number of hydrogen-bond acceptors (Lipinski definition) is 7. The molecule has 0 atom stereocenters. The smallest absolute Gasteiger partial charge is 0.263 e. The number of carbonyl (C=O) groups is 1. The molecule has 162 valence electrons. The van der Waals surface area contributed by atoms with Crippen LogP contribution in [0.4, 0.5) is 11.5 Å². The van der Waals surface area contributed by atoms with Gasteiger partial charge in [0.15, 0.2) is 6.61 Å². The highest BCUT2D eigenvalue weighted by Gasteiger charge is 2.18. The number of nitrogens with zero attached hydrogens (tertiary/aromatic N) is 2. The van der Waals surface area contributed by atoms with E-state index in [1.54, 1.807) is 0 Å². The predicted octanol–water partition coefficient (Wildman–Crippen LogP) is 2.92. The average molecular weight is 442 g/mol. The molecule has 0 spiro atoms. The molecule has 3 aromatic rings. The van der Waals surface area contributed by atoms with Crippen LogP contribution in [0.15, 0.2) is 59.8 Å². The first-order chi connectivity index (χ1) is 14.8. The summed E-state index contributed by atoms with van der Waals surface area (Å²) < 4.78 is 38.0. The fraction of sp³-hybridized carbons (Fsp3) is 0.190. The molecule has 0 aliphatic rings. The van der Waals surface area contributed by atoms with Crippen molar-refractivity contribution in [2.24, 2.45) is 0 Å². The number of anilines is 2. The van der Waals surface area contributed by atoms with E-state index in [0.717, 1.165) is 11.1 Å². The van der Waals surface area contributed by atoms with Gasteiger partial charge in [-0.1, -0.05) is 17.7 Å². The summed E-state index contributed by atoms with van der Waals surface area (Å²) in [6, 6.07) is 11.4. The zero-order valence-electron chi connectivity index (χ0n) is 17.2. The summed E-state index contributed by atoms with van der Waals surface area (Å²) in [4.78, 5) is 20.0. The molecule has 1 amide bonds. The largest absolute Gasteiger partial charge is 0.483 e. The van der Waals surface area contributed by atoms with Crippen molar-refractivity contribution in [3.05, 3.63) is 66.0 Å². The van der Waals surface area contributed by atoms with Crippen LogP contribution in [0.2, 0.25) is 0 Å². The van der Waals surface area contributed by atoms with Crippen molar-refractivity contribution in [2.45, 2.75) is 18.7 Å². The Labute approximate surface area is 180 Å². The Hall–Kier alpha value is -3.66. The van der Waals surface area contributed by atoms with Gasteiger partial charge in [0.2, 0.25) is 5.82 Å². The number of hydrogen-bond donors (Lipinski definition) is 2. The maximum Gasteiger partial charge on any atom is 0.263 e. The SMILES string of the molecule is COc1nccnc1NS(=O)(=O)c1ccc(NC(=O)COc2ccc(C)cc2C)cc1. The van der Waals surface area contributed by atoms with Gasteiger partial charge in [0.25, 0.3) is 21.8 Å². The zero-order valence-corrected chi connectivity index (χ0v) is 18.1. The summed E-state index contributed by atoms with van der Waals surface area (Å²) in [7, 11) is -2.55.